The summed E-state index contributed by atoms with van der Waals surface area (Å²) in [5.74, 6) is 0.0352. The van der Waals surface area contributed by atoms with Gasteiger partial charge in [-0.15, -0.1) is 11.3 Å². The maximum Gasteiger partial charge on any atom is 0.433 e. The summed E-state index contributed by atoms with van der Waals surface area (Å²) in [5.41, 5.74) is 2.18. The Kier molecular flexibility index (Phi) is 5.45. The van der Waals surface area contributed by atoms with E-state index in [9.17, 15) is 18.0 Å². The van der Waals surface area contributed by atoms with E-state index in [2.05, 4.69) is 20.6 Å². The van der Waals surface area contributed by atoms with E-state index in [1.807, 2.05) is 0 Å². The first-order valence-corrected chi connectivity index (χ1v) is 8.73. The molecule has 0 spiro atoms. The highest BCUT2D eigenvalue weighted by molar-refractivity contribution is 7.12. The Morgan fingerprint density at radius 2 is 2.04 bits per heavy atom. The fourth-order valence-corrected chi connectivity index (χ4v) is 2.99. The smallest absolute Gasteiger partial charge is 0.433 e. The zero-order valence-corrected chi connectivity index (χ0v) is 15.5. The lowest BCUT2D eigenvalue weighted by atomic mass is 10.2. The standard InChI is InChI=1S/C17H14F3N5O2S/c1-10-7-14(17(18,19)20)25(24-10)16-22-13(9-28-16)15(26)23-21-8-11-3-5-12(27-2)6-4-11/h3-9H,1-2H3,(H,23,26)/b21-8-. The van der Waals surface area contributed by atoms with E-state index in [0.29, 0.717) is 10.4 Å². The molecule has 146 valence electrons. The zero-order chi connectivity index (χ0) is 20.3. The number of thiazole rings is 1. The number of alkyl halides is 3. The molecule has 1 aromatic carbocycles. The topological polar surface area (TPSA) is 81.4 Å². The van der Waals surface area contributed by atoms with Crippen LogP contribution < -0.4 is 10.2 Å². The molecule has 0 unspecified atom stereocenters. The molecule has 0 fully saturated rings. The van der Waals surface area contributed by atoms with Gasteiger partial charge in [-0.25, -0.2) is 15.1 Å². The van der Waals surface area contributed by atoms with Gasteiger partial charge in [-0.3, -0.25) is 4.79 Å². The first kappa shape index (κ1) is 19.5. The molecular weight excluding hydrogens is 395 g/mol. The summed E-state index contributed by atoms with van der Waals surface area (Å²) < 4.78 is 45.0. The molecule has 1 amide bonds. The Labute approximate surface area is 161 Å². The van der Waals surface area contributed by atoms with E-state index >= 15 is 0 Å². The van der Waals surface area contributed by atoms with Crippen molar-refractivity contribution >= 4 is 23.5 Å². The maximum absolute atomic E-state index is 13.1. The molecule has 0 saturated heterocycles. The van der Waals surface area contributed by atoms with Gasteiger partial charge in [-0.05, 0) is 42.8 Å². The van der Waals surface area contributed by atoms with Gasteiger partial charge in [-0.1, -0.05) is 0 Å². The van der Waals surface area contributed by atoms with E-state index in [1.54, 1.807) is 31.4 Å². The van der Waals surface area contributed by atoms with E-state index < -0.39 is 17.8 Å². The number of amides is 1. The average Bonchev–Trinajstić information content (AvgIpc) is 3.28. The van der Waals surface area contributed by atoms with E-state index in [4.69, 9.17) is 4.74 Å². The third kappa shape index (κ3) is 4.36. The minimum Gasteiger partial charge on any atom is -0.497 e. The molecular formula is C17H14F3N5O2S. The number of methoxy groups -OCH3 is 1. The second kappa shape index (κ2) is 7.80. The van der Waals surface area contributed by atoms with Gasteiger partial charge in [-0.2, -0.15) is 23.4 Å². The summed E-state index contributed by atoms with van der Waals surface area (Å²) in [6.45, 7) is 1.45. The number of hydrogen-bond donors (Lipinski definition) is 1. The van der Waals surface area contributed by atoms with Gasteiger partial charge >= 0.3 is 6.18 Å². The van der Waals surface area contributed by atoms with Gasteiger partial charge in [0.2, 0.25) is 5.13 Å². The van der Waals surface area contributed by atoms with Crippen LogP contribution in [0.15, 0.2) is 40.8 Å². The van der Waals surface area contributed by atoms with Crippen molar-refractivity contribution in [2.24, 2.45) is 5.10 Å². The van der Waals surface area contributed by atoms with Crippen LogP contribution in [0.3, 0.4) is 0 Å². The fourth-order valence-electron chi connectivity index (χ4n) is 2.23. The second-order valence-corrected chi connectivity index (χ2v) is 6.40. The van der Waals surface area contributed by atoms with Crippen molar-refractivity contribution in [2.45, 2.75) is 13.1 Å². The van der Waals surface area contributed by atoms with E-state index in [0.717, 1.165) is 23.0 Å². The first-order valence-electron chi connectivity index (χ1n) is 7.85. The molecule has 0 bridgehead atoms. The monoisotopic (exact) mass is 409 g/mol. The molecule has 1 N–H and O–H groups in total. The van der Waals surface area contributed by atoms with Crippen LogP contribution in [0.25, 0.3) is 5.13 Å². The Balaban J connectivity index is 1.71. The van der Waals surface area contributed by atoms with Gasteiger partial charge in [0.05, 0.1) is 19.0 Å². The van der Waals surface area contributed by atoms with Crippen molar-refractivity contribution < 1.29 is 22.7 Å². The molecule has 3 rings (SSSR count). The highest BCUT2D eigenvalue weighted by Gasteiger charge is 2.36. The molecule has 28 heavy (non-hydrogen) atoms. The molecule has 0 radical (unpaired) electrons. The van der Waals surface area contributed by atoms with Crippen molar-refractivity contribution in [1.82, 2.24) is 20.2 Å². The predicted molar refractivity (Wildman–Crippen MR) is 97.0 cm³/mol. The first-order chi connectivity index (χ1) is 13.3. The number of benzene rings is 1. The summed E-state index contributed by atoms with van der Waals surface area (Å²) in [6, 6.07) is 7.88. The fraction of sp³-hybridized carbons (Fsp3) is 0.176. The van der Waals surface area contributed by atoms with E-state index in [1.165, 1.54) is 18.5 Å². The highest BCUT2D eigenvalue weighted by Crippen LogP contribution is 2.32. The molecule has 3 aromatic rings. The third-order valence-corrected chi connectivity index (χ3v) is 4.34. The zero-order valence-electron chi connectivity index (χ0n) is 14.7. The quantitative estimate of drug-likeness (QED) is 0.517. The molecule has 0 aliphatic carbocycles. The number of aromatic nitrogens is 3. The number of hydrazone groups is 1. The van der Waals surface area contributed by atoms with Crippen LogP contribution in [0.5, 0.6) is 5.75 Å². The molecule has 0 atom stereocenters. The van der Waals surface area contributed by atoms with E-state index in [-0.39, 0.29) is 16.5 Å². The molecule has 0 saturated carbocycles. The number of nitrogens with zero attached hydrogens (tertiary/aromatic N) is 4. The van der Waals surface area contributed by atoms with Crippen LogP contribution in [-0.4, -0.2) is 34.0 Å². The number of hydrogen-bond acceptors (Lipinski definition) is 6. The second-order valence-electron chi connectivity index (χ2n) is 5.57. The van der Waals surface area contributed by atoms with Crippen LogP contribution in [0.4, 0.5) is 13.2 Å². The lowest BCUT2D eigenvalue weighted by Gasteiger charge is -2.07. The van der Waals surface area contributed by atoms with Gasteiger partial charge in [0.15, 0.2) is 5.69 Å². The summed E-state index contributed by atoms with van der Waals surface area (Å²) in [6.07, 6.45) is -3.17. The maximum atomic E-state index is 13.1. The number of ether oxygens (including phenoxy) is 1. The predicted octanol–water partition coefficient (Wildman–Crippen LogP) is 3.43. The Bertz CT molecular complexity index is 1010. The molecule has 7 nitrogen and oxygen atoms in total. The Morgan fingerprint density at radius 1 is 1.32 bits per heavy atom. The average molecular weight is 409 g/mol. The van der Waals surface area contributed by atoms with Crippen molar-refractivity contribution in [2.75, 3.05) is 7.11 Å². The van der Waals surface area contributed by atoms with Crippen molar-refractivity contribution in [1.29, 1.82) is 0 Å². The minimum atomic E-state index is -4.59. The minimum absolute atomic E-state index is 0.0619. The van der Waals surface area contributed by atoms with Crippen molar-refractivity contribution in [3.05, 3.63) is 58.4 Å². The van der Waals surface area contributed by atoms with Crippen molar-refractivity contribution in [3.63, 3.8) is 0 Å². The van der Waals surface area contributed by atoms with Crippen LogP contribution in [-0.2, 0) is 6.18 Å². The number of carbonyl (C=O) groups excluding carboxylic acids is 1. The molecule has 2 aromatic heterocycles. The van der Waals surface area contributed by atoms with Crippen LogP contribution in [0, 0.1) is 6.92 Å². The number of halogens is 3. The normalized spacial score (nSPS) is 11.8. The Morgan fingerprint density at radius 3 is 2.68 bits per heavy atom. The van der Waals surface area contributed by atoms with Gasteiger partial charge in [0, 0.05) is 5.38 Å². The number of aryl methyl sites for hydroxylation is 1. The Hall–Kier alpha value is -3.21. The van der Waals surface area contributed by atoms with Gasteiger partial charge in [0.1, 0.15) is 11.4 Å². The lowest BCUT2D eigenvalue weighted by Crippen LogP contribution is -2.18. The van der Waals surface area contributed by atoms with Crippen molar-refractivity contribution in [3.8, 4) is 10.9 Å². The SMILES string of the molecule is COc1ccc(/C=N\NC(=O)c2csc(-n3nc(C)cc3C(F)(F)F)n2)cc1. The number of carbonyl (C=O) groups is 1. The summed E-state index contributed by atoms with van der Waals surface area (Å²) in [5, 5.41) is 8.90. The van der Waals surface area contributed by atoms with Crippen LogP contribution in [0.2, 0.25) is 0 Å². The molecule has 0 aliphatic rings. The number of nitrogens with one attached hydrogen (secondary N) is 1. The van der Waals surface area contributed by atoms with Crippen LogP contribution in [0.1, 0.15) is 27.4 Å². The molecule has 0 aliphatic heterocycles. The summed E-state index contributed by atoms with van der Waals surface area (Å²) in [7, 11) is 1.55. The van der Waals surface area contributed by atoms with Gasteiger partial charge in [0.25, 0.3) is 5.91 Å². The summed E-state index contributed by atoms with van der Waals surface area (Å²) >= 11 is 0.871. The largest absolute Gasteiger partial charge is 0.497 e. The third-order valence-electron chi connectivity index (χ3n) is 3.52. The molecule has 2 heterocycles. The number of rotatable bonds is 5. The summed E-state index contributed by atoms with van der Waals surface area (Å²) in [4.78, 5) is 16.0. The highest BCUT2D eigenvalue weighted by atomic mass is 32.1. The molecule has 11 heteroatoms. The van der Waals surface area contributed by atoms with Gasteiger partial charge < -0.3 is 4.74 Å². The van der Waals surface area contributed by atoms with Crippen LogP contribution >= 0.6 is 11.3 Å². The lowest BCUT2D eigenvalue weighted by molar-refractivity contribution is -0.142.